The molecule has 0 aromatic heterocycles. The van der Waals surface area contributed by atoms with Gasteiger partial charge in [-0.15, -0.1) is 0 Å². The molecule has 0 aliphatic carbocycles. The van der Waals surface area contributed by atoms with Crippen LogP contribution in [0.3, 0.4) is 0 Å². The van der Waals surface area contributed by atoms with Gasteiger partial charge in [-0.3, -0.25) is 4.90 Å². The van der Waals surface area contributed by atoms with Gasteiger partial charge in [-0.05, 0) is 19.2 Å². The maximum absolute atomic E-state index is 9.95. The summed E-state index contributed by atoms with van der Waals surface area (Å²) in [5.74, 6) is 0.815. The summed E-state index contributed by atoms with van der Waals surface area (Å²) in [6, 6.07) is 9.63. The van der Waals surface area contributed by atoms with Crippen molar-refractivity contribution in [3.05, 3.63) is 30.3 Å². The Morgan fingerprint density at radius 1 is 1.17 bits per heavy atom. The SMILES string of the molecule is CN1CCN(CC(O)COc2ccccc2)CC1. The lowest BCUT2D eigenvalue weighted by atomic mass is 10.3. The number of hydrogen-bond donors (Lipinski definition) is 1. The van der Waals surface area contributed by atoms with Crippen LogP contribution < -0.4 is 4.74 Å². The van der Waals surface area contributed by atoms with Gasteiger partial charge in [-0.2, -0.15) is 0 Å². The number of piperazine rings is 1. The summed E-state index contributed by atoms with van der Waals surface area (Å²) < 4.78 is 5.54. The van der Waals surface area contributed by atoms with E-state index in [0.717, 1.165) is 31.9 Å². The van der Waals surface area contributed by atoms with Crippen LogP contribution in [-0.4, -0.2) is 67.4 Å². The minimum atomic E-state index is -0.423. The predicted molar refractivity (Wildman–Crippen MR) is 71.9 cm³/mol. The third kappa shape index (κ3) is 4.29. The number of nitrogens with zero attached hydrogens (tertiary/aromatic N) is 2. The van der Waals surface area contributed by atoms with Crippen molar-refractivity contribution >= 4 is 0 Å². The second-order valence-electron chi connectivity index (χ2n) is 4.88. The van der Waals surface area contributed by atoms with E-state index >= 15 is 0 Å². The zero-order valence-corrected chi connectivity index (χ0v) is 11.0. The minimum absolute atomic E-state index is 0.357. The van der Waals surface area contributed by atoms with Crippen LogP contribution in [0.25, 0.3) is 0 Å². The number of β-amino-alcohol motifs (C(OH)–C–C–N with tert-alkyl or cyclic N) is 1. The summed E-state index contributed by atoms with van der Waals surface area (Å²) in [5.41, 5.74) is 0. The number of ether oxygens (including phenoxy) is 1. The van der Waals surface area contributed by atoms with Crippen molar-refractivity contribution in [2.24, 2.45) is 0 Å². The highest BCUT2D eigenvalue weighted by Gasteiger charge is 2.17. The van der Waals surface area contributed by atoms with Gasteiger partial charge in [0.05, 0.1) is 0 Å². The van der Waals surface area contributed by atoms with Crippen molar-refractivity contribution in [3.8, 4) is 5.75 Å². The second kappa shape index (κ2) is 6.73. The molecular weight excluding hydrogens is 228 g/mol. The molecule has 18 heavy (non-hydrogen) atoms. The summed E-state index contributed by atoms with van der Waals surface area (Å²) in [4.78, 5) is 4.60. The first-order chi connectivity index (χ1) is 8.74. The Labute approximate surface area is 109 Å². The molecule has 2 rings (SSSR count). The van der Waals surface area contributed by atoms with Crippen LogP contribution in [-0.2, 0) is 0 Å². The zero-order chi connectivity index (χ0) is 12.8. The molecule has 0 radical (unpaired) electrons. The third-order valence-electron chi connectivity index (χ3n) is 3.25. The van der Waals surface area contributed by atoms with Crippen LogP contribution in [0.2, 0.25) is 0 Å². The Bertz CT molecular complexity index is 337. The van der Waals surface area contributed by atoms with E-state index < -0.39 is 6.10 Å². The molecular formula is C14H22N2O2. The lowest BCUT2D eigenvalue weighted by molar-refractivity contribution is 0.0505. The fourth-order valence-electron chi connectivity index (χ4n) is 2.09. The van der Waals surface area contributed by atoms with Crippen LogP contribution >= 0.6 is 0 Å². The van der Waals surface area contributed by atoms with Crippen LogP contribution in [0.4, 0.5) is 0 Å². The molecule has 1 heterocycles. The third-order valence-corrected chi connectivity index (χ3v) is 3.25. The first-order valence-electron chi connectivity index (χ1n) is 6.51. The standard InChI is InChI=1S/C14H22N2O2/c1-15-7-9-16(10-8-15)11-13(17)12-18-14-5-3-2-4-6-14/h2-6,13,17H,7-12H2,1H3. The van der Waals surface area contributed by atoms with Crippen LogP contribution in [0, 0.1) is 0 Å². The van der Waals surface area contributed by atoms with E-state index in [1.54, 1.807) is 0 Å². The van der Waals surface area contributed by atoms with Crippen LogP contribution in [0.1, 0.15) is 0 Å². The van der Waals surface area contributed by atoms with Gasteiger partial charge >= 0.3 is 0 Å². The molecule has 1 aromatic rings. The van der Waals surface area contributed by atoms with Crippen molar-refractivity contribution in [1.29, 1.82) is 0 Å². The van der Waals surface area contributed by atoms with Crippen molar-refractivity contribution in [1.82, 2.24) is 9.80 Å². The van der Waals surface area contributed by atoms with Crippen molar-refractivity contribution in [3.63, 3.8) is 0 Å². The fraction of sp³-hybridized carbons (Fsp3) is 0.571. The topological polar surface area (TPSA) is 35.9 Å². The molecule has 4 nitrogen and oxygen atoms in total. The number of para-hydroxylation sites is 1. The molecule has 1 saturated heterocycles. The lowest BCUT2D eigenvalue weighted by Crippen LogP contribution is -2.47. The maximum Gasteiger partial charge on any atom is 0.119 e. The normalized spacial score (nSPS) is 19.7. The first kappa shape index (κ1) is 13.3. The molecule has 100 valence electrons. The first-order valence-corrected chi connectivity index (χ1v) is 6.51. The highest BCUT2D eigenvalue weighted by atomic mass is 16.5. The van der Waals surface area contributed by atoms with E-state index in [1.807, 2.05) is 30.3 Å². The fourth-order valence-corrected chi connectivity index (χ4v) is 2.09. The predicted octanol–water partition coefficient (Wildman–Crippen LogP) is 0.674. The van der Waals surface area contributed by atoms with Crippen molar-refractivity contribution in [2.75, 3.05) is 46.4 Å². The molecule has 0 bridgehead atoms. The molecule has 1 atom stereocenters. The Morgan fingerprint density at radius 3 is 2.50 bits per heavy atom. The molecule has 1 unspecified atom stereocenters. The van der Waals surface area contributed by atoms with Gasteiger partial charge in [0.2, 0.25) is 0 Å². The lowest BCUT2D eigenvalue weighted by Gasteiger charge is -2.33. The Balaban J connectivity index is 1.67. The number of aliphatic hydroxyl groups excluding tert-OH is 1. The second-order valence-corrected chi connectivity index (χ2v) is 4.88. The average Bonchev–Trinajstić information content (AvgIpc) is 2.40. The number of benzene rings is 1. The van der Waals surface area contributed by atoms with Crippen molar-refractivity contribution in [2.45, 2.75) is 6.10 Å². The summed E-state index contributed by atoms with van der Waals surface area (Å²) in [5, 5.41) is 9.95. The van der Waals surface area contributed by atoms with E-state index in [-0.39, 0.29) is 0 Å². The van der Waals surface area contributed by atoms with E-state index in [2.05, 4.69) is 16.8 Å². The van der Waals surface area contributed by atoms with Gasteiger partial charge in [-0.25, -0.2) is 0 Å². The molecule has 0 saturated carbocycles. The number of hydrogen-bond acceptors (Lipinski definition) is 4. The molecule has 1 fully saturated rings. The zero-order valence-electron chi connectivity index (χ0n) is 11.0. The highest BCUT2D eigenvalue weighted by molar-refractivity contribution is 5.20. The molecule has 0 spiro atoms. The quantitative estimate of drug-likeness (QED) is 0.833. The van der Waals surface area contributed by atoms with Gasteiger partial charge in [-0.1, -0.05) is 18.2 Å². The molecule has 1 N–H and O–H groups in total. The van der Waals surface area contributed by atoms with Gasteiger partial charge in [0.1, 0.15) is 18.5 Å². The molecule has 4 heteroatoms. The maximum atomic E-state index is 9.95. The molecule has 1 aromatic carbocycles. The smallest absolute Gasteiger partial charge is 0.119 e. The summed E-state index contributed by atoms with van der Waals surface area (Å²) >= 11 is 0. The number of aliphatic hydroxyl groups is 1. The van der Waals surface area contributed by atoms with E-state index in [4.69, 9.17) is 4.74 Å². The van der Waals surface area contributed by atoms with Gasteiger partial charge in [0.15, 0.2) is 0 Å². The van der Waals surface area contributed by atoms with Crippen LogP contribution in [0.15, 0.2) is 30.3 Å². The number of rotatable bonds is 5. The Morgan fingerprint density at radius 2 is 1.83 bits per heavy atom. The summed E-state index contributed by atoms with van der Waals surface area (Å²) in [6.07, 6.45) is -0.423. The Hall–Kier alpha value is -1.10. The largest absolute Gasteiger partial charge is 0.491 e. The number of likely N-dealkylation sites (N-methyl/N-ethyl adjacent to an activating group) is 1. The van der Waals surface area contributed by atoms with Gasteiger partial charge < -0.3 is 14.7 Å². The van der Waals surface area contributed by atoms with Gasteiger partial charge in [0.25, 0.3) is 0 Å². The van der Waals surface area contributed by atoms with E-state index in [1.165, 1.54) is 0 Å². The summed E-state index contributed by atoms with van der Waals surface area (Å²) in [6.45, 7) is 5.26. The van der Waals surface area contributed by atoms with E-state index in [9.17, 15) is 5.11 Å². The molecule has 0 amide bonds. The van der Waals surface area contributed by atoms with Gasteiger partial charge in [0, 0.05) is 32.7 Å². The van der Waals surface area contributed by atoms with Crippen molar-refractivity contribution < 1.29 is 9.84 Å². The summed E-state index contributed by atoms with van der Waals surface area (Å²) in [7, 11) is 2.13. The van der Waals surface area contributed by atoms with E-state index in [0.29, 0.717) is 13.2 Å². The monoisotopic (exact) mass is 250 g/mol. The molecule has 1 aliphatic rings. The van der Waals surface area contributed by atoms with Crippen LogP contribution in [0.5, 0.6) is 5.75 Å². The molecule has 1 aliphatic heterocycles. The highest BCUT2D eigenvalue weighted by Crippen LogP contribution is 2.09. The minimum Gasteiger partial charge on any atom is -0.491 e. The Kier molecular flexibility index (Phi) is 4.99. The average molecular weight is 250 g/mol.